The maximum Gasteiger partial charge on any atom is 0.168 e. The number of aromatic nitrogens is 1. The van der Waals surface area contributed by atoms with Gasteiger partial charge in [-0.25, -0.2) is 0 Å². The van der Waals surface area contributed by atoms with Gasteiger partial charge in [0.05, 0.1) is 5.39 Å². The lowest BCUT2D eigenvalue weighted by atomic mass is 10.3. The lowest BCUT2D eigenvalue weighted by Gasteiger charge is -1.98. The number of phenolic OH excluding ortho intramolecular Hbond substituents is 1. The van der Waals surface area contributed by atoms with Crippen LogP contribution in [0.5, 0.6) is 5.75 Å². The van der Waals surface area contributed by atoms with Gasteiger partial charge in [0.15, 0.2) is 10.6 Å². The molecule has 0 spiro atoms. The number of aromatic hydroxyl groups is 1. The lowest BCUT2D eigenvalue weighted by molar-refractivity contribution is 0.437. The maximum atomic E-state index is 9.40. The molecule has 0 aliphatic heterocycles. The Morgan fingerprint density at radius 3 is 2.82 bits per heavy atom. The standard InChI is InChI=1S/C13H9NO2S/c15-9-4-3-5-10(8-9)17-13-11-6-1-2-7-12(11)16-14-13/h1-8,15H. The van der Waals surface area contributed by atoms with E-state index in [2.05, 4.69) is 5.16 Å². The molecular formula is C13H9NO2S. The van der Waals surface area contributed by atoms with E-state index in [0.29, 0.717) is 0 Å². The summed E-state index contributed by atoms with van der Waals surface area (Å²) in [4.78, 5) is 0.934. The first kappa shape index (κ1) is 10.2. The summed E-state index contributed by atoms with van der Waals surface area (Å²) in [6.45, 7) is 0. The predicted octanol–water partition coefficient (Wildman–Crippen LogP) is 3.68. The fraction of sp³-hybridized carbons (Fsp3) is 0. The molecular weight excluding hydrogens is 234 g/mol. The van der Waals surface area contributed by atoms with Crippen molar-refractivity contribution in [3.8, 4) is 5.75 Å². The Balaban J connectivity index is 2.00. The molecule has 2 aromatic carbocycles. The van der Waals surface area contributed by atoms with Crippen LogP contribution in [-0.4, -0.2) is 10.3 Å². The molecule has 1 aromatic heterocycles. The van der Waals surface area contributed by atoms with Gasteiger partial charge < -0.3 is 9.63 Å². The molecule has 3 rings (SSSR count). The average molecular weight is 243 g/mol. The van der Waals surface area contributed by atoms with Crippen LogP contribution in [0.25, 0.3) is 11.0 Å². The van der Waals surface area contributed by atoms with Gasteiger partial charge >= 0.3 is 0 Å². The van der Waals surface area contributed by atoms with Crippen molar-refractivity contribution in [1.82, 2.24) is 5.16 Å². The minimum Gasteiger partial charge on any atom is -0.508 e. The average Bonchev–Trinajstić information content (AvgIpc) is 2.73. The van der Waals surface area contributed by atoms with Gasteiger partial charge in [-0.1, -0.05) is 35.1 Å². The third-order valence-electron chi connectivity index (χ3n) is 2.38. The normalized spacial score (nSPS) is 10.8. The van der Waals surface area contributed by atoms with E-state index in [-0.39, 0.29) is 5.75 Å². The highest BCUT2D eigenvalue weighted by molar-refractivity contribution is 7.99. The van der Waals surface area contributed by atoms with Gasteiger partial charge in [-0.2, -0.15) is 0 Å². The zero-order valence-corrected chi connectivity index (χ0v) is 9.65. The molecule has 0 saturated carbocycles. The molecule has 84 valence electrons. The van der Waals surface area contributed by atoms with Crippen molar-refractivity contribution in [3.63, 3.8) is 0 Å². The molecule has 17 heavy (non-hydrogen) atoms. The number of phenols is 1. The monoisotopic (exact) mass is 243 g/mol. The van der Waals surface area contributed by atoms with E-state index in [1.807, 2.05) is 30.3 Å². The second-order valence-corrected chi connectivity index (χ2v) is 4.65. The van der Waals surface area contributed by atoms with Gasteiger partial charge in [0.1, 0.15) is 5.75 Å². The topological polar surface area (TPSA) is 46.3 Å². The van der Waals surface area contributed by atoms with Crippen molar-refractivity contribution in [2.45, 2.75) is 9.92 Å². The summed E-state index contributed by atoms with van der Waals surface area (Å²) >= 11 is 1.47. The van der Waals surface area contributed by atoms with Crippen molar-refractivity contribution in [3.05, 3.63) is 48.5 Å². The minimum atomic E-state index is 0.253. The van der Waals surface area contributed by atoms with E-state index in [9.17, 15) is 5.11 Å². The van der Waals surface area contributed by atoms with Crippen LogP contribution in [-0.2, 0) is 0 Å². The molecule has 0 bridgehead atoms. The molecule has 4 heteroatoms. The van der Waals surface area contributed by atoms with Crippen LogP contribution < -0.4 is 0 Å². The van der Waals surface area contributed by atoms with Crippen molar-refractivity contribution in [2.24, 2.45) is 0 Å². The van der Waals surface area contributed by atoms with Crippen molar-refractivity contribution < 1.29 is 9.63 Å². The Morgan fingerprint density at radius 1 is 1.06 bits per heavy atom. The highest BCUT2D eigenvalue weighted by Gasteiger charge is 2.08. The van der Waals surface area contributed by atoms with Gasteiger partial charge in [0, 0.05) is 4.90 Å². The molecule has 1 heterocycles. The van der Waals surface area contributed by atoms with Crippen molar-refractivity contribution >= 4 is 22.7 Å². The number of rotatable bonds is 2. The first-order chi connectivity index (χ1) is 8.33. The lowest BCUT2D eigenvalue weighted by Crippen LogP contribution is -1.74. The van der Waals surface area contributed by atoms with Crippen LogP contribution >= 0.6 is 11.8 Å². The summed E-state index contributed by atoms with van der Waals surface area (Å²) < 4.78 is 5.22. The van der Waals surface area contributed by atoms with Gasteiger partial charge in [-0.3, -0.25) is 0 Å². The summed E-state index contributed by atoms with van der Waals surface area (Å²) in [5.41, 5.74) is 0.773. The maximum absolute atomic E-state index is 9.40. The molecule has 0 unspecified atom stereocenters. The molecule has 0 atom stereocenters. The van der Waals surface area contributed by atoms with E-state index in [1.54, 1.807) is 18.2 Å². The Bertz CT molecular complexity index is 663. The number of hydrogen-bond acceptors (Lipinski definition) is 4. The van der Waals surface area contributed by atoms with E-state index >= 15 is 0 Å². The third kappa shape index (κ3) is 1.99. The molecule has 0 fully saturated rings. The zero-order valence-electron chi connectivity index (χ0n) is 8.83. The van der Waals surface area contributed by atoms with Crippen LogP contribution in [0.2, 0.25) is 0 Å². The molecule has 1 N–H and O–H groups in total. The van der Waals surface area contributed by atoms with Gasteiger partial charge in [0.2, 0.25) is 0 Å². The van der Waals surface area contributed by atoms with E-state index in [0.717, 1.165) is 20.9 Å². The Hall–Kier alpha value is -1.94. The Labute approximate surface area is 102 Å². The van der Waals surface area contributed by atoms with E-state index in [1.165, 1.54) is 11.8 Å². The van der Waals surface area contributed by atoms with E-state index in [4.69, 9.17) is 4.52 Å². The van der Waals surface area contributed by atoms with Gasteiger partial charge in [0.25, 0.3) is 0 Å². The number of fused-ring (bicyclic) bond motifs is 1. The third-order valence-corrected chi connectivity index (χ3v) is 3.35. The van der Waals surface area contributed by atoms with Gasteiger partial charge in [-0.15, -0.1) is 0 Å². The fourth-order valence-electron chi connectivity index (χ4n) is 1.59. The molecule has 0 aliphatic carbocycles. The number of hydrogen-bond donors (Lipinski definition) is 1. The highest BCUT2D eigenvalue weighted by atomic mass is 32.2. The van der Waals surface area contributed by atoms with Gasteiger partial charge in [-0.05, 0) is 30.3 Å². The molecule has 0 saturated heterocycles. The van der Waals surface area contributed by atoms with E-state index < -0.39 is 0 Å². The van der Waals surface area contributed by atoms with Crippen LogP contribution in [0.15, 0.2) is 63.0 Å². The summed E-state index contributed by atoms with van der Waals surface area (Å²) in [5.74, 6) is 0.253. The number of para-hydroxylation sites is 1. The highest BCUT2D eigenvalue weighted by Crippen LogP contribution is 2.33. The largest absolute Gasteiger partial charge is 0.508 e. The summed E-state index contributed by atoms with van der Waals surface area (Å²) in [5, 5.41) is 15.2. The predicted molar refractivity (Wildman–Crippen MR) is 66.2 cm³/mol. The number of nitrogens with zero attached hydrogens (tertiary/aromatic N) is 1. The summed E-state index contributed by atoms with van der Waals surface area (Å²) in [7, 11) is 0. The van der Waals surface area contributed by atoms with Crippen LogP contribution in [0.4, 0.5) is 0 Å². The van der Waals surface area contributed by atoms with Crippen LogP contribution in [0, 0.1) is 0 Å². The smallest absolute Gasteiger partial charge is 0.168 e. The second kappa shape index (κ2) is 4.14. The molecule has 3 aromatic rings. The van der Waals surface area contributed by atoms with Crippen LogP contribution in [0.3, 0.4) is 0 Å². The first-order valence-corrected chi connectivity index (χ1v) is 5.96. The number of benzene rings is 2. The van der Waals surface area contributed by atoms with Crippen molar-refractivity contribution in [1.29, 1.82) is 0 Å². The zero-order chi connectivity index (χ0) is 11.7. The summed E-state index contributed by atoms with van der Waals surface area (Å²) in [6, 6.07) is 14.8. The minimum absolute atomic E-state index is 0.253. The molecule has 0 aliphatic rings. The first-order valence-electron chi connectivity index (χ1n) is 5.14. The second-order valence-electron chi connectivity index (χ2n) is 3.58. The Morgan fingerprint density at radius 2 is 1.94 bits per heavy atom. The molecule has 0 amide bonds. The molecule has 0 radical (unpaired) electrons. The summed E-state index contributed by atoms with van der Waals surface area (Å²) in [6.07, 6.45) is 0. The fourth-order valence-corrected chi connectivity index (χ4v) is 2.50. The quantitative estimate of drug-likeness (QED) is 0.745. The van der Waals surface area contributed by atoms with Crippen LogP contribution in [0.1, 0.15) is 0 Å². The Kier molecular flexibility index (Phi) is 2.49. The van der Waals surface area contributed by atoms with Crippen molar-refractivity contribution in [2.75, 3.05) is 0 Å². The molecule has 3 nitrogen and oxygen atoms in total. The SMILES string of the molecule is Oc1cccc(Sc2noc3ccccc23)c1.